The highest BCUT2D eigenvalue weighted by Gasteiger charge is 2.55. The van der Waals surface area contributed by atoms with Crippen molar-refractivity contribution in [1.29, 1.82) is 0 Å². The van der Waals surface area contributed by atoms with Crippen LogP contribution < -0.4 is 0 Å². The molecule has 4 heteroatoms. The maximum atomic E-state index is 10.2. The molecule has 116 valence electrons. The quantitative estimate of drug-likeness (QED) is 0.923. The Hall–Kier alpha value is -0.970. The molecule has 2 fully saturated rings. The van der Waals surface area contributed by atoms with Gasteiger partial charge in [0.15, 0.2) is 0 Å². The molecule has 4 nitrogen and oxygen atoms in total. The molecule has 3 rings (SSSR count). The summed E-state index contributed by atoms with van der Waals surface area (Å²) in [6.07, 6.45) is 4.83. The number of aryl methyl sites for hydroxylation is 1. The summed E-state index contributed by atoms with van der Waals surface area (Å²) in [6, 6.07) is 4.11. The molecule has 2 unspecified atom stereocenters. The fourth-order valence-electron chi connectivity index (χ4n) is 3.84. The topological polar surface area (TPSA) is 45.6 Å². The van der Waals surface area contributed by atoms with Crippen molar-refractivity contribution < 1.29 is 9.84 Å². The Bertz CT molecular complexity index is 481. The van der Waals surface area contributed by atoms with Crippen molar-refractivity contribution in [3.05, 3.63) is 29.6 Å². The first kappa shape index (κ1) is 14.9. The fourth-order valence-corrected chi connectivity index (χ4v) is 3.84. The fraction of sp³-hybridized carbons (Fsp3) is 0.706. The molecular weight excluding hydrogens is 264 g/mol. The number of aliphatic hydroxyl groups excluding tert-OH is 1. The predicted octanol–water partition coefficient (Wildman–Crippen LogP) is 2.14. The smallest absolute Gasteiger partial charge is 0.0681 e. The maximum absolute atomic E-state index is 10.2. The second-order valence-electron chi connectivity index (χ2n) is 6.47. The molecule has 2 atom stereocenters. The van der Waals surface area contributed by atoms with Crippen molar-refractivity contribution in [2.75, 3.05) is 19.7 Å². The highest BCUT2D eigenvalue weighted by Crippen LogP contribution is 2.51. The molecule has 21 heavy (non-hydrogen) atoms. The third-order valence-electron chi connectivity index (χ3n) is 5.39. The van der Waals surface area contributed by atoms with Crippen LogP contribution in [-0.4, -0.2) is 46.9 Å². The van der Waals surface area contributed by atoms with Crippen LogP contribution in [0.3, 0.4) is 0 Å². The van der Waals surface area contributed by atoms with E-state index in [1.54, 1.807) is 0 Å². The van der Waals surface area contributed by atoms with Crippen molar-refractivity contribution in [1.82, 2.24) is 9.88 Å². The summed E-state index contributed by atoms with van der Waals surface area (Å²) in [5.41, 5.74) is 2.45. The van der Waals surface area contributed by atoms with E-state index in [4.69, 9.17) is 4.74 Å². The second kappa shape index (κ2) is 6.03. The Morgan fingerprint density at radius 1 is 1.43 bits per heavy atom. The average molecular weight is 290 g/mol. The van der Waals surface area contributed by atoms with E-state index in [0.29, 0.717) is 0 Å². The lowest BCUT2D eigenvalue weighted by Gasteiger charge is -2.56. The molecule has 1 aliphatic carbocycles. The van der Waals surface area contributed by atoms with Gasteiger partial charge in [-0.2, -0.15) is 0 Å². The van der Waals surface area contributed by atoms with Gasteiger partial charge < -0.3 is 9.84 Å². The van der Waals surface area contributed by atoms with E-state index in [2.05, 4.69) is 22.9 Å². The molecule has 1 aromatic rings. The Morgan fingerprint density at radius 3 is 2.81 bits per heavy atom. The number of aliphatic hydroxyl groups is 1. The molecule has 1 saturated carbocycles. The summed E-state index contributed by atoms with van der Waals surface area (Å²) in [4.78, 5) is 6.94. The Balaban J connectivity index is 1.59. The van der Waals surface area contributed by atoms with Gasteiger partial charge in [0.2, 0.25) is 0 Å². The number of likely N-dealkylation sites (tertiary alicyclic amines) is 1. The molecule has 1 N–H and O–H groups in total. The first-order chi connectivity index (χ1) is 10.2. The molecule has 0 amide bonds. The molecular formula is C17H26N2O2. The third kappa shape index (κ3) is 2.72. The second-order valence-corrected chi connectivity index (χ2v) is 6.47. The predicted molar refractivity (Wildman–Crippen MR) is 82.0 cm³/mol. The van der Waals surface area contributed by atoms with Crippen LogP contribution in [0.4, 0.5) is 0 Å². The number of rotatable bonds is 4. The van der Waals surface area contributed by atoms with Gasteiger partial charge in [-0.25, -0.2) is 0 Å². The molecule has 0 radical (unpaired) electrons. The lowest BCUT2D eigenvalue weighted by Crippen LogP contribution is -2.62. The maximum Gasteiger partial charge on any atom is 0.0681 e. The molecule has 2 heterocycles. The Morgan fingerprint density at radius 2 is 2.19 bits per heavy atom. The van der Waals surface area contributed by atoms with E-state index >= 15 is 0 Å². The van der Waals surface area contributed by atoms with E-state index in [1.807, 2.05) is 19.2 Å². The number of piperidine rings is 1. The highest BCUT2D eigenvalue weighted by atomic mass is 16.5. The largest absolute Gasteiger partial charge is 0.392 e. The highest BCUT2D eigenvalue weighted by molar-refractivity contribution is 5.17. The summed E-state index contributed by atoms with van der Waals surface area (Å²) < 4.78 is 5.82. The van der Waals surface area contributed by atoms with Gasteiger partial charge in [-0.1, -0.05) is 6.07 Å². The number of aromatic nitrogens is 1. The van der Waals surface area contributed by atoms with Crippen molar-refractivity contribution in [3.63, 3.8) is 0 Å². The van der Waals surface area contributed by atoms with E-state index < -0.39 is 0 Å². The molecule has 0 bridgehead atoms. The lowest BCUT2D eigenvalue weighted by molar-refractivity contribution is -0.210. The van der Waals surface area contributed by atoms with Crippen LogP contribution in [-0.2, 0) is 11.3 Å². The van der Waals surface area contributed by atoms with Crippen LogP contribution in [0.1, 0.15) is 37.4 Å². The summed E-state index contributed by atoms with van der Waals surface area (Å²) in [6.45, 7) is 7.87. The van der Waals surface area contributed by atoms with E-state index in [9.17, 15) is 5.11 Å². The minimum Gasteiger partial charge on any atom is -0.392 e. The van der Waals surface area contributed by atoms with Crippen molar-refractivity contribution in [2.45, 2.75) is 51.9 Å². The molecule has 1 aliphatic heterocycles. The summed E-state index contributed by atoms with van der Waals surface area (Å²) in [5.74, 6) is 0. The van der Waals surface area contributed by atoms with Crippen molar-refractivity contribution in [3.8, 4) is 0 Å². The van der Waals surface area contributed by atoms with Crippen LogP contribution in [0.15, 0.2) is 18.3 Å². The Kier molecular flexibility index (Phi) is 4.29. The van der Waals surface area contributed by atoms with Crippen LogP contribution in [0.2, 0.25) is 0 Å². The number of pyridine rings is 1. The minimum absolute atomic E-state index is 0.0195. The summed E-state index contributed by atoms with van der Waals surface area (Å²) >= 11 is 0. The van der Waals surface area contributed by atoms with Gasteiger partial charge in [0, 0.05) is 31.2 Å². The number of hydrogen-bond acceptors (Lipinski definition) is 4. The van der Waals surface area contributed by atoms with Crippen molar-refractivity contribution >= 4 is 0 Å². The van der Waals surface area contributed by atoms with Crippen LogP contribution in [0, 0.1) is 12.3 Å². The van der Waals surface area contributed by atoms with E-state index in [-0.39, 0.29) is 17.6 Å². The van der Waals surface area contributed by atoms with Gasteiger partial charge in [0.25, 0.3) is 0 Å². The van der Waals surface area contributed by atoms with E-state index in [0.717, 1.165) is 45.5 Å². The van der Waals surface area contributed by atoms with Gasteiger partial charge in [-0.05, 0) is 51.4 Å². The minimum atomic E-state index is -0.173. The summed E-state index contributed by atoms with van der Waals surface area (Å²) in [5, 5.41) is 10.2. The monoisotopic (exact) mass is 290 g/mol. The SMILES string of the molecule is CCOC1CC(O)C12CCN(Cc1ncccc1C)CC2. The average Bonchev–Trinajstić information content (AvgIpc) is 2.50. The first-order valence-electron chi connectivity index (χ1n) is 8.08. The standard InChI is InChI=1S/C17H26N2O2/c1-3-21-16-11-15(20)17(16)6-9-19(10-7-17)12-14-13(2)5-4-8-18-14/h4-5,8,15-16,20H,3,6-7,9-12H2,1-2H3. The van der Waals surface area contributed by atoms with Gasteiger partial charge in [0.1, 0.15) is 0 Å². The van der Waals surface area contributed by atoms with Gasteiger partial charge in [-0.3, -0.25) is 9.88 Å². The molecule has 2 aliphatic rings. The normalized spacial score (nSPS) is 28.5. The number of ether oxygens (including phenoxy) is 1. The lowest BCUT2D eigenvalue weighted by atomic mass is 9.58. The van der Waals surface area contributed by atoms with Gasteiger partial charge >= 0.3 is 0 Å². The zero-order chi connectivity index (χ0) is 14.9. The zero-order valence-corrected chi connectivity index (χ0v) is 13.1. The van der Waals surface area contributed by atoms with Crippen LogP contribution in [0.5, 0.6) is 0 Å². The van der Waals surface area contributed by atoms with E-state index in [1.165, 1.54) is 11.3 Å². The van der Waals surface area contributed by atoms with Gasteiger partial charge in [0.05, 0.1) is 17.9 Å². The number of nitrogens with zero attached hydrogens (tertiary/aromatic N) is 2. The first-order valence-corrected chi connectivity index (χ1v) is 8.08. The Labute approximate surface area is 127 Å². The zero-order valence-electron chi connectivity index (χ0n) is 13.1. The summed E-state index contributed by atoms with van der Waals surface area (Å²) in [7, 11) is 0. The third-order valence-corrected chi connectivity index (χ3v) is 5.39. The molecule has 0 aromatic carbocycles. The molecule has 1 saturated heterocycles. The van der Waals surface area contributed by atoms with Crippen molar-refractivity contribution in [2.24, 2.45) is 5.41 Å². The molecule has 1 aromatic heterocycles. The van der Waals surface area contributed by atoms with Crippen LogP contribution in [0.25, 0.3) is 0 Å². The van der Waals surface area contributed by atoms with Gasteiger partial charge in [-0.15, -0.1) is 0 Å². The molecule has 1 spiro atoms. The van der Waals surface area contributed by atoms with Crippen LogP contribution >= 0.6 is 0 Å². The number of hydrogen-bond donors (Lipinski definition) is 1.